The van der Waals surface area contributed by atoms with Crippen molar-refractivity contribution in [2.45, 2.75) is 39.0 Å². The quantitative estimate of drug-likeness (QED) is 0.923. The van der Waals surface area contributed by atoms with Crippen molar-refractivity contribution in [3.63, 3.8) is 0 Å². The highest BCUT2D eigenvalue weighted by molar-refractivity contribution is 7.09. The van der Waals surface area contributed by atoms with Crippen molar-refractivity contribution in [2.24, 2.45) is 0 Å². The second-order valence-electron chi connectivity index (χ2n) is 5.47. The number of anilines is 1. The first-order valence-corrected chi connectivity index (χ1v) is 6.98. The molecule has 2 heterocycles. The number of aromatic nitrogens is 2. The molecule has 0 radical (unpaired) electrons. The zero-order valence-electron chi connectivity index (χ0n) is 11.1. The predicted molar refractivity (Wildman–Crippen MR) is 76.9 cm³/mol. The molecule has 2 N–H and O–H groups in total. The summed E-state index contributed by atoms with van der Waals surface area (Å²) in [4.78, 5) is 8.69. The second-order valence-corrected chi connectivity index (χ2v) is 6.41. The maximum Gasteiger partial charge on any atom is 0.123 e. The Labute approximate surface area is 112 Å². The number of pyridine rings is 1. The molecule has 0 aromatic carbocycles. The van der Waals surface area contributed by atoms with E-state index in [9.17, 15) is 0 Å². The number of aryl methyl sites for hydroxylation is 2. The van der Waals surface area contributed by atoms with Gasteiger partial charge in [0.1, 0.15) is 5.82 Å². The maximum absolute atomic E-state index is 5.66. The van der Waals surface area contributed by atoms with Crippen LogP contribution in [0, 0.1) is 0 Å². The smallest absolute Gasteiger partial charge is 0.123 e. The van der Waals surface area contributed by atoms with Crippen LogP contribution in [0.4, 0.5) is 5.82 Å². The molecule has 0 aliphatic carbocycles. The SMILES string of the molecule is CC(C)(C)c1csc(CCc2ccnc(N)c2)n1. The summed E-state index contributed by atoms with van der Waals surface area (Å²) < 4.78 is 0. The molecule has 2 rings (SSSR count). The van der Waals surface area contributed by atoms with Crippen molar-refractivity contribution in [3.8, 4) is 0 Å². The van der Waals surface area contributed by atoms with E-state index in [2.05, 4.69) is 31.1 Å². The Kier molecular flexibility index (Phi) is 3.66. The van der Waals surface area contributed by atoms with E-state index < -0.39 is 0 Å². The largest absolute Gasteiger partial charge is 0.384 e. The molecule has 96 valence electrons. The van der Waals surface area contributed by atoms with E-state index in [1.165, 1.54) is 16.3 Å². The first-order chi connectivity index (χ1) is 8.45. The highest BCUT2D eigenvalue weighted by atomic mass is 32.1. The lowest BCUT2D eigenvalue weighted by Gasteiger charge is -2.14. The maximum atomic E-state index is 5.66. The fourth-order valence-electron chi connectivity index (χ4n) is 1.67. The second kappa shape index (κ2) is 5.06. The predicted octanol–water partition coefficient (Wildman–Crippen LogP) is 3.20. The Hall–Kier alpha value is -1.42. The van der Waals surface area contributed by atoms with Gasteiger partial charge in [0.15, 0.2) is 0 Å². The third kappa shape index (κ3) is 3.29. The lowest BCUT2D eigenvalue weighted by Crippen LogP contribution is -2.11. The molecule has 0 amide bonds. The van der Waals surface area contributed by atoms with Crippen LogP contribution in [0.1, 0.15) is 37.0 Å². The standard InChI is InChI=1S/C14H19N3S/c1-14(2,3)11-9-18-13(17-11)5-4-10-6-7-16-12(15)8-10/h6-9H,4-5H2,1-3H3,(H2,15,16). The molecule has 2 aromatic heterocycles. The van der Waals surface area contributed by atoms with Crippen LogP contribution in [-0.2, 0) is 18.3 Å². The van der Waals surface area contributed by atoms with E-state index in [0.29, 0.717) is 5.82 Å². The summed E-state index contributed by atoms with van der Waals surface area (Å²) in [6, 6.07) is 3.94. The van der Waals surface area contributed by atoms with Crippen molar-refractivity contribution in [1.82, 2.24) is 9.97 Å². The third-order valence-electron chi connectivity index (χ3n) is 2.79. The van der Waals surface area contributed by atoms with Crippen LogP contribution < -0.4 is 5.73 Å². The molecule has 18 heavy (non-hydrogen) atoms. The molecule has 0 spiro atoms. The number of nitrogen functional groups attached to an aromatic ring is 1. The van der Waals surface area contributed by atoms with Crippen molar-refractivity contribution in [3.05, 3.63) is 40.0 Å². The molecule has 0 unspecified atom stereocenters. The van der Waals surface area contributed by atoms with E-state index in [0.717, 1.165) is 12.8 Å². The minimum Gasteiger partial charge on any atom is -0.384 e. The van der Waals surface area contributed by atoms with Gasteiger partial charge in [-0.05, 0) is 24.1 Å². The van der Waals surface area contributed by atoms with Gasteiger partial charge in [0.25, 0.3) is 0 Å². The molecule has 0 aliphatic rings. The number of rotatable bonds is 3. The van der Waals surface area contributed by atoms with E-state index in [4.69, 9.17) is 10.7 Å². The van der Waals surface area contributed by atoms with Gasteiger partial charge in [0, 0.05) is 23.4 Å². The van der Waals surface area contributed by atoms with Crippen LogP contribution >= 0.6 is 11.3 Å². The highest BCUT2D eigenvalue weighted by Crippen LogP contribution is 2.24. The van der Waals surface area contributed by atoms with Crippen LogP contribution in [0.3, 0.4) is 0 Å². The summed E-state index contributed by atoms with van der Waals surface area (Å²) >= 11 is 1.74. The molecule has 2 aromatic rings. The minimum atomic E-state index is 0.135. The Morgan fingerprint density at radius 1 is 1.28 bits per heavy atom. The molecule has 0 bridgehead atoms. The van der Waals surface area contributed by atoms with E-state index in [1.54, 1.807) is 17.5 Å². The molecule has 0 aliphatic heterocycles. The normalized spacial score (nSPS) is 11.7. The fraction of sp³-hybridized carbons (Fsp3) is 0.429. The van der Waals surface area contributed by atoms with Crippen LogP contribution in [0.25, 0.3) is 0 Å². The monoisotopic (exact) mass is 261 g/mol. The summed E-state index contributed by atoms with van der Waals surface area (Å²) in [5.41, 5.74) is 8.19. The van der Waals surface area contributed by atoms with E-state index in [-0.39, 0.29) is 5.41 Å². The molecule has 0 saturated carbocycles. The lowest BCUT2D eigenvalue weighted by atomic mass is 9.93. The van der Waals surface area contributed by atoms with Crippen LogP contribution in [0.5, 0.6) is 0 Å². The van der Waals surface area contributed by atoms with Gasteiger partial charge in [0.2, 0.25) is 0 Å². The Morgan fingerprint density at radius 2 is 2.06 bits per heavy atom. The van der Waals surface area contributed by atoms with Gasteiger partial charge in [-0.15, -0.1) is 11.3 Å². The minimum absolute atomic E-state index is 0.135. The van der Waals surface area contributed by atoms with E-state index in [1.807, 2.05) is 12.1 Å². The molecule has 0 fully saturated rings. The number of thiazole rings is 1. The van der Waals surface area contributed by atoms with Gasteiger partial charge in [0.05, 0.1) is 10.7 Å². The van der Waals surface area contributed by atoms with Gasteiger partial charge in [-0.2, -0.15) is 0 Å². The summed E-state index contributed by atoms with van der Waals surface area (Å²) in [6.07, 6.45) is 3.68. The Balaban J connectivity index is 2.01. The summed E-state index contributed by atoms with van der Waals surface area (Å²) in [7, 11) is 0. The van der Waals surface area contributed by atoms with Gasteiger partial charge in [-0.3, -0.25) is 0 Å². The lowest BCUT2D eigenvalue weighted by molar-refractivity contribution is 0.570. The van der Waals surface area contributed by atoms with Crippen LogP contribution in [0.15, 0.2) is 23.7 Å². The number of hydrogen-bond donors (Lipinski definition) is 1. The molecule has 4 heteroatoms. The zero-order chi connectivity index (χ0) is 13.2. The summed E-state index contributed by atoms with van der Waals surface area (Å²) in [6.45, 7) is 6.57. The number of nitrogens with two attached hydrogens (primary N) is 1. The average molecular weight is 261 g/mol. The van der Waals surface area contributed by atoms with Crippen molar-refractivity contribution < 1.29 is 0 Å². The van der Waals surface area contributed by atoms with Gasteiger partial charge in [-0.25, -0.2) is 9.97 Å². The van der Waals surface area contributed by atoms with Crippen molar-refractivity contribution in [2.75, 3.05) is 5.73 Å². The first kappa shape index (κ1) is 13.0. The number of hydrogen-bond acceptors (Lipinski definition) is 4. The third-order valence-corrected chi connectivity index (χ3v) is 3.70. The molecular formula is C14H19N3S. The van der Waals surface area contributed by atoms with Gasteiger partial charge in [-0.1, -0.05) is 20.8 Å². The summed E-state index contributed by atoms with van der Waals surface area (Å²) in [5.74, 6) is 0.585. The Bertz CT molecular complexity index is 526. The van der Waals surface area contributed by atoms with Crippen LogP contribution in [-0.4, -0.2) is 9.97 Å². The van der Waals surface area contributed by atoms with Gasteiger partial charge < -0.3 is 5.73 Å². The number of nitrogens with zero attached hydrogens (tertiary/aromatic N) is 2. The zero-order valence-corrected chi connectivity index (χ0v) is 11.9. The van der Waals surface area contributed by atoms with Crippen molar-refractivity contribution >= 4 is 17.2 Å². The highest BCUT2D eigenvalue weighted by Gasteiger charge is 2.17. The molecule has 0 saturated heterocycles. The van der Waals surface area contributed by atoms with Crippen LogP contribution in [0.2, 0.25) is 0 Å². The molecule has 3 nitrogen and oxygen atoms in total. The van der Waals surface area contributed by atoms with Crippen molar-refractivity contribution in [1.29, 1.82) is 0 Å². The topological polar surface area (TPSA) is 51.8 Å². The first-order valence-electron chi connectivity index (χ1n) is 6.10. The molecular weight excluding hydrogens is 242 g/mol. The Morgan fingerprint density at radius 3 is 2.67 bits per heavy atom. The average Bonchev–Trinajstić information content (AvgIpc) is 2.74. The molecule has 0 atom stereocenters. The van der Waals surface area contributed by atoms with E-state index >= 15 is 0 Å². The summed E-state index contributed by atoms with van der Waals surface area (Å²) in [5, 5.41) is 3.35. The van der Waals surface area contributed by atoms with Gasteiger partial charge >= 0.3 is 0 Å². The fourth-order valence-corrected chi connectivity index (χ4v) is 2.70.